The van der Waals surface area contributed by atoms with E-state index in [1.54, 1.807) is 20.8 Å². The summed E-state index contributed by atoms with van der Waals surface area (Å²) in [5.74, 6) is -0.118. The molecule has 0 aliphatic heterocycles. The first-order valence-corrected chi connectivity index (χ1v) is 3.60. The zero-order chi connectivity index (χ0) is 9.07. The maximum absolute atomic E-state index is 8.80. The van der Waals surface area contributed by atoms with Crippen LogP contribution < -0.4 is 5.48 Å². The summed E-state index contributed by atoms with van der Waals surface area (Å²) in [7, 11) is 0. The Morgan fingerprint density at radius 1 is 1.45 bits per heavy atom. The van der Waals surface area contributed by atoms with Gasteiger partial charge in [-0.15, -0.1) is 0 Å². The predicted molar refractivity (Wildman–Crippen MR) is 38.2 cm³/mol. The van der Waals surface area contributed by atoms with Gasteiger partial charge in [0.15, 0.2) is 0 Å². The molecule has 0 aromatic heterocycles. The van der Waals surface area contributed by atoms with Crippen molar-refractivity contribution in [3.05, 3.63) is 0 Å². The van der Waals surface area contributed by atoms with E-state index in [-0.39, 0.29) is 11.1 Å². The molecule has 0 aliphatic carbocycles. The molecular formula is C6H16N2O3. The van der Waals surface area contributed by atoms with Crippen molar-refractivity contribution in [2.24, 2.45) is 5.92 Å². The highest BCUT2D eigenvalue weighted by atomic mass is 16.8. The minimum atomic E-state index is -1.17. The second-order valence-corrected chi connectivity index (χ2v) is 2.83. The number of nitrogens with one attached hydrogen (secondary N) is 1. The summed E-state index contributed by atoms with van der Waals surface area (Å²) in [5, 5.41) is 26.3. The van der Waals surface area contributed by atoms with Crippen LogP contribution in [-0.2, 0) is 0 Å². The van der Waals surface area contributed by atoms with Gasteiger partial charge in [-0.2, -0.15) is 5.48 Å². The molecule has 4 N–H and O–H groups in total. The fourth-order valence-corrected chi connectivity index (χ4v) is 1.03. The van der Waals surface area contributed by atoms with Crippen molar-refractivity contribution >= 4 is 0 Å². The van der Waals surface area contributed by atoms with E-state index < -0.39 is 5.66 Å². The molecule has 0 heterocycles. The molecule has 5 nitrogen and oxygen atoms in total. The van der Waals surface area contributed by atoms with Gasteiger partial charge in [-0.1, -0.05) is 20.8 Å². The number of hydrogen-bond donors (Lipinski definition) is 4. The standard InChI is InChI=1S/C6H16N2O3/c1-4-6(7-9,5(2)3)8(10)11/h5,7,9-11H,4H2,1-3H3. The van der Waals surface area contributed by atoms with Crippen LogP contribution in [0.15, 0.2) is 0 Å². The minimum Gasteiger partial charge on any atom is -0.315 e. The van der Waals surface area contributed by atoms with Gasteiger partial charge in [-0.3, -0.25) is 10.4 Å². The molecule has 0 bridgehead atoms. The smallest absolute Gasteiger partial charge is 0.146 e. The summed E-state index contributed by atoms with van der Waals surface area (Å²) in [4.78, 5) is 0. The molecule has 68 valence electrons. The van der Waals surface area contributed by atoms with Gasteiger partial charge in [0.25, 0.3) is 0 Å². The molecule has 0 spiro atoms. The van der Waals surface area contributed by atoms with Gasteiger partial charge in [0, 0.05) is 0 Å². The molecule has 0 radical (unpaired) electrons. The Labute approximate surface area is 66.1 Å². The highest BCUT2D eigenvalue weighted by molar-refractivity contribution is 4.79. The molecule has 0 saturated heterocycles. The molecule has 0 rings (SSSR count). The number of hydroxylamine groups is 3. The first-order valence-electron chi connectivity index (χ1n) is 3.60. The van der Waals surface area contributed by atoms with Gasteiger partial charge in [0.2, 0.25) is 0 Å². The van der Waals surface area contributed by atoms with Crippen LogP contribution in [0.3, 0.4) is 0 Å². The van der Waals surface area contributed by atoms with Crippen LogP contribution in [0.2, 0.25) is 0 Å². The van der Waals surface area contributed by atoms with Crippen molar-refractivity contribution in [1.82, 2.24) is 10.7 Å². The van der Waals surface area contributed by atoms with E-state index in [1.807, 2.05) is 5.48 Å². The lowest BCUT2D eigenvalue weighted by molar-refractivity contribution is -0.393. The molecule has 11 heavy (non-hydrogen) atoms. The van der Waals surface area contributed by atoms with Crippen LogP contribution >= 0.6 is 0 Å². The first-order chi connectivity index (χ1) is 5.01. The Kier molecular flexibility index (Phi) is 3.91. The SMILES string of the molecule is CCC(NO)(C(C)C)N(O)O. The summed E-state index contributed by atoms with van der Waals surface area (Å²) in [5.41, 5.74) is 0.723. The molecule has 5 heteroatoms. The quantitative estimate of drug-likeness (QED) is 0.365. The number of hydrogen-bond acceptors (Lipinski definition) is 5. The fourth-order valence-electron chi connectivity index (χ4n) is 1.03. The van der Waals surface area contributed by atoms with Crippen molar-refractivity contribution in [2.75, 3.05) is 0 Å². The maximum Gasteiger partial charge on any atom is 0.146 e. The molecule has 0 fully saturated rings. The monoisotopic (exact) mass is 164 g/mol. The average Bonchev–Trinajstić information content (AvgIpc) is 1.90. The van der Waals surface area contributed by atoms with Gasteiger partial charge >= 0.3 is 0 Å². The van der Waals surface area contributed by atoms with Crippen LogP contribution in [-0.4, -0.2) is 26.5 Å². The van der Waals surface area contributed by atoms with E-state index >= 15 is 0 Å². The van der Waals surface area contributed by atoms with Crippen molar-refractivity contribution in [2.45, 2.75) is 32.9 Å². The summed E-state index contributed by atoms with van der Waals surface area (Å²) in [6.07, 6.45) is 0.383. The van der Waals surface area contributed by atoms with Crippen molar-refractivity contribution < 1.29 is 15.6 Å². The molecule has 0 aromatic carbocycles. The van der Waals surface area contributed by atoms with Gasteiger partial charge < -0.3 is 5.21 Å². The lowest BCUT2D eigenvalue weighted by Crippen LogP contribution is -2.58. The molecular weight excluding hydrogens is 148 g/mol. The molecule has 0 aromatic rings. The number of nitrogens with zero attached hydrogens (tertiary/aromatic N) is 1. The van der Waals surface area contributed by atoms with E-state index in [9.17, 15) is 0 Å². The second-order valence-electron chi connectivity index (χ2n) is 2.83. The van der Waals surface area contributed by atoms with Crippen LogP contribution in [0.4, 0.5) is 0 Å². The van der Waals surface area contributed by atoms with Crippen molar-refractivity contribution in [1.29, 1.82) is 0 Å². The third kappa shape index (κ3) is 1.88. The van der Waals surface area contributed by atoms with Crippen LogP contribution in [0.1, 0.15) is 27.2 Å². The topological polar surface area (TPSA) is 76.0 Å². The summed E-state index contributed by atoms with van der Waals surface area (Å²) in [6, 6.07) is 0. The second kappa shape index (κ2) is 3.99. The van der Waals surface area contributed by atoms with Gasteiger partial charge in [0.05, 0.1) is 0 Å². The predicted octanol–water partition coefficient (Wildman–Crippen LogP) is 0.808. The van der Waals surface area contributed by atoms with Gasteiger partial charge in [0.1, 0.15) is 5.66 Å². The normalized spacial score (nSPS) is 17.5. The van der Waals surface area contributed by atoms with E-state index in [2.05, 4.69) is 0 Å². The molecule has 0 aliphatic rings. The highest BCUT2D eigenvalue weighted by Crippen LogP contribution is 2.21. The highest BCUT2D eigenvalue weighted by Gasteiger charge is 2.37. The largest absolute Gasteiger partial charge is 0.315 e. The van der Waals surface area contributed by atoms with E-state index in [0.29, 0.717) is 6.42 Å². The third-order valence-electron chi connectivity index (χ3n) is 2.04. The lowest BCUT2D eigenvalue weighted by Gasteiger charge is -2.37. The molecule has 1 atom stereocenters. The van der Waals surface area contributed by atoms with E-state index in [1.165, 1.54) is 0 Å². The maximum atomic E-state index is 8.80. The Morgan fingerprint density at radius 3 is 1.91 bits per heavy atom. The van der Waals surface area contributed by atoms with Crippen LogP contribution in [0.5, 0.6) is 0 Å². The van der Waals surface area contributed by atoms with Gasteiger partial charge in [-0.25, -0.2) is 0 Å². The van der Waals surface area contributed by atoms with Gasteiger partial charge in [-0.05, 0) is 17.6 Å². The Balaban J connectivity index is 4.46. The lowest BCUT2D eigenvalue weighted by atomic mass is 9.95. The zero-order valence-corrected chi connectivity index (χ0v) is 7.07. The summed E-state index contributed by atoms with van der Waals surface area (Å²) in [6.45, 7) is 5.28. The first kappa shape index (κ1) is 10.8. The van der Waals surface area contributed by atoms with E-state index in [4.69, 9.17) is 15.6 Å². The zero-order valence-electron chi connectivity index (χ0n) is 7.07. The summed E-state index contributed by atoms with van der Waals surface area (Å²) >= 11 is 0. The minimum absolute atomic E-state index is 0.0116. The Morgan fingerprint density at radius 2 is 1.91 bits per heavy atom. The average molecular weight is 164 g/mol. The molecule has 0 amide bonds. The molecule has 1 unspecified atom stereocenters. The van der Waals surface area contributed by atoms with Crippen LogP contribution in [0, 0.1) is 5.92 Å². The summed E-state index contributed by atoms with van der Waals surface area (Å²) < 4.78 is 0. The number of rotatable bonds is 4. The van der Waals surface area contributed by atoms with Crippen LogP contribution in [0.25, 0.3) is 0 Å². The fraction of sp³-hybridized carbons (Fsp3) is 1.00. The van der Waals surface area contributed by atoms with Crippen molar-refractivity contribution in [3.63, 3.8) is 0 Å². The molecule has 0 saturated carbocycles. The Bertz CT molecular complexity index is 102. The van der Waals surface area contributed by atoms with E-state index in [0.717, 1.165) is 0 Å². The van der Waals surface area contributed by atoms with Crippen molar-refractivity contribution in [3.8, 4) is 0 Å². The third-order valence-corrected chi connectivity index (χ3v) is 2.04. The Hall–Kier alpha value is -0.200.